The summed E-state index contributed by atoms with van der Waals surface area (Å²) in [7, 11) is 0. The highest BCUT2D eigenvalue weighted by Crippen LogP contribution is 2.37. The Morgan fingerprint density at radius 1 is 1.07 bits per heavy atom. The van der Waals surface area contributed by atoms with Crippen LogP contribution in [0.25, 0.3) is 22.5 Å². The van der Waals surface area contributed by atoms with Gasteiger partial charge in [-0.1, -0.05) is 31.5 Å². The molecule has 0 fully saturated rings. The first kappa shape index (κ1) is 21.3. The van der Waals surface area contributed by atoms with Gasteiger partial charge in [0.2, 0.25) is 0 Å². The third-order valence-corrected chi connectivity index (χ3v) is 5.43. The van der Waals surface area contributed by atoms with E-state index in [-0.39, 0.29) is 18.2 Å². The van der Waals surface area contributed by atoms with Crippen LogP contribution in [0.3, 0.4) is 0 Å². The quantitative estimate of drug-likeness (QED) is 0.338. The van der Waals surface area contributed by atoms with Crippen LogP contribution in [0.15, 0.2) is 38.2 Å². The number of thiophene rings is 1. The Balaban J connectivity index is 2.16. The zero-order valence-corrected chi connectivity index (χ0v) is 18.7. The van der Waals surface area contributed by atoms with E-state index in [9.17, 15) is 4.79 Å². The summed E-state index contributed by atoms with van der Waals surface area (Å²) in [6.45, 7) is 12.6. The molecule has 0 aliphatic rings. The van der Waals surface area contributed by atoms with Crippen LogP contribution in [0.5, 0.6) is 5.95 Å². The molecular weight excluding hydrogens is 384 g/mol. The van der Waals surface area contributed by atoms with E-state index in [1.54, 1.807) is 18.3 Å². The third-order valence-electron chi connectivity index (χ3n) is 4.74. The molecular formula is C24H28O4S. The molecule has 0 aliphatic carbocycles. The van der Waals surface area contributed by atoms with Crippen LogP contribution in [-0.2, 0) is 4.74 Å². The van der Waals surface area contributed by atoms with Gasteiger partial charge in [-0.3, -0.25) is 4.79 Å². The second-order valence-corrected chi connectivity index (χ2v) is 8.64. The first-order valence-electron chi connectivity index (χ1n) is 9.78. The molecule has 2 aromatic heterocycles. The maximum atomic E-state index is 13.5. The molecule has 3 aromatic rings. The van der Waals surface area contributed by atoms with Crippen LogP contribution in [0.1, 0.15) is 36.1 Å². The Morgan fingerprint density at radius 2 is 1.76 bits per heavy atom. The second kappa shape index (κ2) is 8.97. The fraction of sp³-hybridized carbons (Fsp3) is 0.375. The van der Waals surface area contributed by atoms with Crippen molar-refractivity contribution < 1.29 is 13.9 Å². The summed E-state index contributed by atoms with van der Waals surface area (Å²) >= 11 is 1.56. The highest BCUT2D eigenvalue weighted by molar-refractivity contribution is 7.08. The first-order valence-corrected chi connectivity index (χ1v) is 10.7. The molecule has 0 saturated carbocycles. The van der Waals surface area contributed by atoms with Crippen molar-refractivity contribution in [3.63, 3.8) is 0 Å². The average molecular weight is 413 g/mol. The van der Waals surface area contributed by atoms with Crippen molar-refractivity contribution in [1.82, 2.24) is 0 Å². The molecule has 29 heavy (non-hydrogen) atoms. The van der Waals surface area contributed by atoms with Crippen LogP contribution in [0.4, 0.5) is 0 Å². The van der Waals surface area contributed by atoms with Crippen LogP contribution >= 0.6 is 11.3 Å². The molecule has 0 N–H and O–H groups in total. The van der Waals surface area contributed by atoms with E-state index in [1.165, 1.54) is 0 Å². The summed E-state index contributed by atoms with van der Waals surface area (Å²) in [4.78, 5) is 13.5. The normalized spacial score (nSPS) is 11.3. The molecule has 2 heterocycles. The van der Waals surface area contributed by atoms with E-state index in [1.807, 2.05) is 37.6 Å². The molecule has 0 spiro atoms. The van der Waals surface area contributed by atoms with Gasteiger partial charge < -0.3 is 13.9 Å². The molecule has 5 heteroatoms. The van der Waals surface area contributed by atoms with Gasteiger partial charge in [0.05, 0.1) is 6.61 Å². The SMILES string of the molecule is Cc1cc(C)c(-c2c(OCOCC(C)C)oc(-c3ccsc3)c(C)c2=O)c(C)c1. The first-order chi connectivity index (χ1) is 13.8. The molecule has 0 aliphatic heterocycles. The largest absolute Gasteiger partial charge is 0.437 e. The van der Waals surface area contributed by atoms with E-state index in [2.05, 4.69) is 26.0 Å². The molecule has 0 unspecified atom stereocenters. The van der Waals surface area contributed by atoms with E-state index in [4.69, 9.17) is 13.9 Å². The number of rotatable bonds is 7. The lowest BCUT2D eigenvalue weighted by molar-refractivity contribution is -0.00904. The van der Waals surface area contributed by atoms with Gasteiger partial charge in [-0.25, -0.2) is 0 Å². The maximum Gasteiger partial charge on any atom is 0.299 e. The van der Waals surface area contributed by atoms with E-state index in [0.29, 0.717) is 29.4 Å². The molecule has 0 saturated heterocycles. The van der Waals surface area contributed by atoms with Crippen molar-refractivity contribution in [3.8, 4) is 28.4 Å². The van der Waals surface area contributed by atoms with Gasteiger partial charge in [0.25, 0.3) is 5.95 Å². The van der Waals surface area contributed by atoms with E-state index >= 15 is 0 Å². The molecule has 0 radical (unpaired) electrons. The predicted octanol–water partition coefficient (Wildman–Crippen LogP) is 6.28. The highest BCUT2D eigenvalue weighted by Gasteiger charge is 2.23. The Kier molecular flexibility index (Phi) is 6.60. The fourth-order valence-electron chi connectivity index (χ4n) is 3.54. The second-order valence-electron chi connectivity index (χ2n) is 7.86. The standard InChI is InChI=1S/C24H28O4S/c1-14(2)11-26-13-27-24-21(20-16(4)9-15(3)10-17(20)5)22(25)18(6)23(28-24)19-7-8-29-12-19/h7-10,12,14H,11,13H2,1-6H3. The van der Waals surface area contributed by atoms with Crippen molar-refractivity contribution in [3.05, 3.63) is 61.4 Å². The Bertz CT molecular complexity index is 1020. The van der Waals surface area contributed by atoms with E-state index in [0.717, 1.165) is 27.8 Å². The maximum absolute atomic E-state index is 13.5. The smallest absolute Gasteiger partial charge is 0.299 e. The summed E-state index contributed by atoms with van der Waals surface area (Å²) in [5, 5.41) is 3.93. The summed E-state index contributed by atoms with van der Waals surface area (Å²) in [6.07, 6.45) is 0. The minimum atomic E-state index is -0.0774. The third kappa shape index (κ3) is 4.62. The minimum absolute atomic E-state index is 0.0320. The van der Waals surface area contributed by atoms with Crippen molar-refractivity contribution in [1.29, 1.82) is 0 Å². The van der Waals surface area contributed by atoms with Crippen LogP contribution in [0.2, 0.25) is 0 Å². The number of hydrogen-bond acceptors (Lipinski definition) is 5. The lowest BCUT2D eigenvalue weighted by Crippen LogP contribution is -2.15. The van der Waals surface area contributed by atoms with Gasteiger partial charge in [-0.2, -0.15) is 11.3 Å². The van der Waals surface area contributed by atoms with Crippen molar-refractivity contribution >= 4 is 11.3 Å². The monoisotopic (exact) mass is 412 g/mol. The van der Waals surface area contributed by atoms with Crippen LogP contribution in [-0.4, -0.2) is 13.4 Å². The number of hydrogen-bond donors (Lipinski definition) is 0. The number of aryl methyl sites for hydroxylation is 3. The minimum Gasteiger partial charge on any atom is -0.437 e. The summed E-state index contributed by atoms with van der Waals surface area (Å²) < 4.78 is 17.6. The van der Waals surface area contributed by atoms with Crippen molar-refractivity contribution in [2.45, 2.75) is 41.5 Å². The Hall–Kier alpha value is -2.37. The van der Waals surface area contributed by atoms with Crippen LogP contribution < -0.4 is 10.2 Å². The number of benzene rings is 1. The predicted molar refractivity (Wildman–Crippen MR) is 119 cm³/mol. The van der Waals surface area contributed by atoms with E-state index < -0.39 is 0 Å². The van der Waals surface area contributed by atoms with Gasteiger partial charge in [0.15, 0.2) is 12.2 Å². The zero-order chi connectivity index (χ0) is 21.1. The summed E-state index contributed by atoms with van der Waals surface area (Å²) in [5.41, 5.74) is 5.90. The van der Waals surface area contributed by atoms with Gasteiger partial charge >= 0.3 is 0 Å². The van der Waals surface area contributed by atoms with Gasteiger partial charge in [-0.05, 0) is 61.7 Å². The topological polar surface area (TPSA) is 48.7 Å². The molecule has 0 amide bonds. The summed E-state index contributed by atoms with van der Waals surface area (Å²) in [6, 6.07) is 6.09. The lowest BCUT2D eigenvalue weighted by atomic mass is 9.93. The highest BCUT2D eigenvalue weighted by atomic mass is 32.1. The Labute approximate surface area is 176 Å². The molecule has 154 valence electrons. The number of ether oxygens (including phenoxy) is 2. The van der Waals surface area contributed by atoms with Crippen LogP contribution in [0, 0.1) is 33.6 Å². The average Bonchev–Trinajstić information content (AvgIpc) is 3.17. The van der Waals surface area contributed by atoms with Gasteiger partial charge in [0.1, 0.15) is 11.3 Å². The van der Waals surface area contributed by atoms with Gasteiger partial charge in [-0.15, -0.1) is 0 Å². The molecule has 1 aromatic carbocycles. The molecule has 0 bridgehead atoms. The molecule has 4 nitrogen and oxygen atoms in total. The zero-order valence-electron chi connectivity index (χ0n) is 17.9. The van der Waals surface area contributed by atoms with Crippen molar-refractivity contribution in [2.24, 2.45) is 5.92 Å². The van der Waals surface area contributed by atoms with Gasteiger partial charge in [0, 0.05) is 16.5 Å². The molecule has 0 atom stereocenters. The fourth-order valence-corrected chi connectivity index (χ4v) is 4.18. The Morgan fingerprint density at radius 3 is 2.34 bits per heavy atom. The lowest BCUT2D eigenvalue weighted by Gasteiger charge is -2.17. The molecule has 3 rings (SSSR count). The van der Waals surface area contributed by atoms with Crippen molar-refractivity contribution in [2.75, 3.05) is 13.4 Å². The summed E-state index contributed by atoms with van der Waals surface area (Å²) in [5.74, 6) is 1.15.